The fourth-order valence-electron chi connectivity index (χ4n) is 3.15. The topological polar surface area (TPSA) is 65.2 Å². The number of pyridine rings is 1. The van der Waals surface area contributed by atoms with Crippen molar-refractivity contribution >= 4 is 5.65 Å². The highest BCUT2D eigenvalue weighted by molar-refractivity contribution is 5.76. The number of benzene rings is 1. The van der Waals surface area contributed by atoms with E-state index in [9.17, 15) is 4.39 Å². The molecule has 1 aromatic carbocycles. The molecule has 6 nitrogen and oxygen atoms in total. The molecule has 4 aromatic rings. The van der Waals surface area contributed by atoms with Crippen LogP contribution in [0.3, 0.4) is 0 Å². The Hall–Kier alpha value is -3.35. The van der Waals surface area contributed by atoms with Crippen LogP contribution in [0.4, 0.5) is 4.39 Å². The molecule has 4 rings (SSSR count). The van der Waals surface area contributed by atoms with Gasteiger partial charge in [-0.2, -0.15) is 0 Å². The Labute approximate surface area is 155 Å². The lowest BCUT2D eigenvalue weighted by atomic mass is 10.0. The Kier molecular flexibility index (Phi) is 4.50. The first-order valence-corrected chi connectivity index (χ1v) is 8.59. The summed E-state index contributed by atoms with van der Waals surface area (Å²) in [5.74, 6) is 1.01. The second-order valence-electron chi connectivity index (χ2n) is 6.20. The van der Waals surface area contributed by atoms with Crippen molar-refractivity contribution in [2.75, 3.05) is 7.11 Å². The second-order valence-corrected chi connectivity index (χ2v) is 6.20. The maximum absolute atomic E-state index is 14.2. The van der Waals surface area contributed by atoms with E-state index in [-0.39, 0.29) is 5.82 Å². The summed E-state index contributed by atoms with van der Waals surface area (Å²) in [5, 5.41) is 8.29. The third-order valence-electron chi connectivity index (χ3n) is 4.56. The highest BCUT2D eigenvalue weighted by Gasteiger charge is 2.13. The minimum absolute atomic E-state index is 0.261. The van der Waals surface area contributed by atoms with E-state index in [4.69, 9.17) is 4.74 Å². The number of methoxy groups -OCH3 is 1. The number of aromatic nitrogens is 5. The molecular weight excluding hydrogens is 345 g/mol. The van der Waals surface area contributed by atoms with E-state index < -0.39 is 0 Å². The molecule has 0 aliphatic rings. The predicted molar refractivity (Wildman–Crippen MR) is 99.1 cm³/mol. The van der Waals surface area contributed by atoms with Crippen molar-refractivity contribution < 1.29 is 9.13 Å². The van der Waals surface area contributed by atoms with E-state index in [0.29, 0.717) is 30.0 Å². The van der Waals surface area contributed by atoms with E-state index in [1.807, 2.05) is 23.5 Å². The summed E-state index contributed by atoms with van der Waals surface area (Å²) in [6.45, 7) is 1.84. The van der Waals surface area contributed by atoms with Gasteiger partial charge >= 0.3 is 0 Å². The number of hydrogen-bond acceptors (Lipinski definition) is 5. The Balaban J connectivity index is 1.68. The van der Waals surface area contributed by atoms with E-state index in [1.165, 1.54) is 6.07 Å². The van der Waals surface area contributed by atoms with Crippen molar-refractivity contribution in [1.82, 2.24) is 24.6 Å². The van der Waals surface area contributed by atoms with Gasteiger partial charge in [0, 0.05) is 34.8 Å². The summed E-state index contributed by atoms with van der Waals surface area (Å²) >= 11 is 0. The van der Waals surface area contributed by atoms with Crippen LogP contribution < -0.4 is 4.74 Å². The zero-order valence-corrected chi connectivity index (χ0v) is 15.1. The van der Waals surface area contributed by atoms with Crippen molar-refractivity contribution in [3.05, 3.63) is 72.0 Å². The molecule has 0 N–H and O–H groups in total. The van der Waals surface area contributed by atoms with Gasteiger partial charge in [-0.15, -0.1) is 10.2 Å². The molecule has 7 heteroatoms. The molecule has 0 fully saturated rings. The van der Waals surface area contributed by atoms with Gasteiger partial charge in [0.2, 0.25) is 0 Å². The van der Waals surface area contributed by atoms with E-state index in [1.54, 1.807) is 38.0 Å². The van der Waals surface area contributed by atoms with Crippen LogP contribution in [0.5, 0.6) is 5.75 Å². The number of nitrogens with zero attached hydrogens (tertiary/aromatic N) is 5. The number of halogens is 1. The minimum Gasteiger partial charge on any atom is -0.496 e. The van der Waals surface area contributed by atoms with Gasteiger partial charge in [-0.05, 0) is 44.0 Å². The van der Waals surface area contributed by atoms with Crippen LogP contribution in [-0.2, 0) is 12.8 Å². The fourth-order valence-corrected chi connectivity index (χ4v) is 3.15. The van der Waals surface area contributed by atoms with Crippen LogP contribution in [-0.4, -0.2) is 31.7 Å². The second kappa shape index (κ2) is 7.11. The molecule has 0 aliphatic heterocycles. The summed E-state index contributed by atoms with van der Waals surface area (Å²) in [6, 6.07) is 8.85. The highest BCUT2D eigenvalue weighted by atomic mass is 19.1. The van der Waals surface area contributed by atoms with Crippen LogP contribution >= 0.6 is 0 Å². The summed E-state index contributed by atoms with van der Waals surface area (Å²) in [6.07, 6.45) is 6.35. The molecule has 136 valence electrons. The maximum atomic E-state index is 14.2. The van der Waals surface area contributed by atoms with Crippen molar-refractivity contribution in [3.63, 3.8) is 0 Å². The lowest BCUT2D eigenvalue weighted by Gasteiger charge is -2.11. The molecule has 0 spiro atoms. The molecule has 0 amide bonds. The number of rotatable bonds is 5. The highest BCUT2D eigenvalue weighted by Crippen LogP contribution is 2.26. The van der Waals surface area contributed by atoms with E-state index >= 15 is 0 Å². The Morgan fingerprint density at radius 3 is 2.67 bits per heavy atom. The zero-order chi connectivity index (χ0) is 18.8. The van der Waals surface area contributed by atoms with Crippen molar-refractivity contribution in [2.24, 2.45) is 0 Å². The number of fused-ring (bicyclic) bond motifs is 1. The third-order valence-corrected chi connectivity index (χ3v) is 4.56. The monoisotopic (exact) mass is 363 g/mol. The van der Waals surface area contributed by atoms with Gasteiger partial charge in [0.15, 0.2) is 5.65 Å². The first-order valence-electron chi connectivity index (χ1n) is 8.59. The van der Waals surface area contributed by atoms with Crippen LogP contribution in [0.25, 0.3) is 16.8 Å². The minimum atomic E-state index is -0.261. The lowest BCUT2D eigenvalue weighted by molar-refractivity contribution is 0.404. The van der Waals surface area contributed by atoms with Crippen LogP contribution in [0.2, 0.25) is 0 Å². The molecule has 3 aromatic heterocycles. The maximum Gasteiger partial charge on any atom is 0.168 e. The Bertz CT molecular complexity index is 1090. The number of hydrogen-bond donors (Lipinski definition) is 0. The van der Waals surface area contributed by atoms with E-state index in [2.05, 4.69) is 20.2 Å². The normalized spacial score (nSPS) is 11.1. The Morgan fingerprint density at radius 1 is 1.07 bits per heavy atom. The molecule has 0 saturated carbocycles. The van der Waals surface area contributed by atoms with Gasteiger partial charge in [-0.1, -0.05) is 6.07 Å². The summed E-state index contributed by atoms with van der Waals surface area (Å²) in [7, 11) is 1.55. The first kappa shape index (κ1) is 17.1. The van der Waals surface area contributed by atoms with Gasteiger partial charge in [-0.25, -0.2) is 14.4 Å². The van der Waals surface area contributed by atoms with Crippen LogP contribution in [0, 0.1) is 12.7 Å². The summed E-state index contributed by atoms with van der Waals surface area (Å²) in [4.78, 5) is 8.50. The molecule has 0 radical (unpaired) electrons. The van der Waals surface area contributed by atoms with Crippen LogP contribution in [0.15, 0.2) is 49.1 Å². The van der Waals surface area contributed by atoms with Crippen molar-refractivity contribution in [1.29, 1.82) is 0 Å². The van der Waals surface area contributed by atoms with Crippen LogP contribution in [0.1, 0.15) is 17.1 Å². The van der Waals surface area contributed by atoms with Crippen molar-refractivity contribution in [2.45, 2.75) is 19.8 Å². The molecule has 3 heterocycles. The quantitative estimate of drug-likeness (QED) is 0.543. The first-order chi connectivity index (χ1) is 13.2. The van der Waals surface area contributed by atoms with Crippen molar-refractivity contribution in [3.8, 4) is 16.9 Å². The zero-order valence-electron chi connectivity index (χ0n) is 15.1. The van der Waals surface area contributed by atoms with Gasteiger partial charge in [0.1, 0.15) is 23.7 Å². The van der Waals surface area contributed by atoms with Gasteiger partial charge in [-0.3, -0.25) is 4.40 Å². The summed E-state index contributed by atoms with van der Waals surface area (Å²) in [5.41, 5.74) is 4.05. The smallest absolute Gasteiger partial charge is 0.168 e. The average Bonchev–Trinajstić information content (AvgIpc) is 3.17. The molecular formula is C20H18FN5O. The molecule has 0 saturated heterocycles. The largest absolute Gasteiger partial charge is 0.496 e. The Morgan fingerprint density at radius 2 is 1.89 bits per heavy atom. The predicted octanol–water partition coefficient (Wildman–Crippen LogP) is 3.43. The van der Waals surface area contributed by atoms with Gasteiger partial charge in [0.05, 0.1) is 7.11 Å². The summed E-state index contributed by atoms with van der Waals surface area (Å²) < 4.78 is 21.4. The molecule has 0 unspecified atom stereocenters. The molecule has 0 atom stereocenters. The number of aryl methyl sites for hydroxylation is 2. The van der Waals surface area contributed by atoms with Gasteiger partial charge < -0.3 is 4.74 Å². The lowest BCUT2D eigenvalue weighted by Crippen LogP contribution is -2.03. The van der Waals surface area contributed by atoms with Gasteiger partial charge in [0.25, 0.3) is 0 Å². The average molecular weight is 363 g/mol. The molecule has 27 heavy (non-hydrogen) atoms. The third kappa shape index (κ3) is 3.23. The molecule has 0 aliphatic carbocycles. The SMILES string of the molecule is COc1cccc(F)c1CCc1ccc(-c2cnc(C)nc2)c2nncn12. The van der Waals surface area contributed by atoms with E-state index in [0.717, 1.165) is 22.5 Å². The standard InChI is InChI=1S/C20H18FN5O/c1-13-22-10-14(11-23-13)16-8-6-15(26-12-24-25-20(16)26)7-9-17-18(21)4-3-5-19(17)27-2/h3-6,8,10-12H,7,9H2,1-2H3. The fraction of sp³-hybridized carbons (Fsp3) is 0.200. The number of ether oxygens (including phenoxy) is 1. The molecule has 0 bridgehead atoms.